The summed E-state index contributed by atoms with van der Waals surface area (Å²) in [5.74, 6) is -0.345. The van der Waals surface area contributed by atoms with Gasteiger partial charge >= 0.3 is 0 Å². The average Bonchev–Trinajstić information content (AvgIpc) is 2.04. The van der Waals surface area contributed by atoms with E-state index in [4.69, 9.17) is 0 Å². The van der Waals surface area contributed by atoms with E-state index in [9.17, 15) is 4.79 Å². The smallest absolute Gasteiger partial charge is 0.270 e. The zero-order chi connectivity index (χ0) is 9.56. The van der Waals surface area contributed by atoms with Crippen LogP contribution in [0.4, 0.5) is 0 Å². The number of rotatable bonds is 4. The Morgan fingerprint density at radius 3 is 2.42 bits per heavy atom. The van der Waals surface area contributed by atoms with Crippen molar-refractivity contribution in [3.8, 4) is 0 Å². The molecule has 0 unspecified atom stereocenters. The highest BCUT2D eigenvalue weighted by Crippen LogP contribution is 1.93. The van der Waals surface area contributed by atoms with Crippen LogP contribution in [0.5, 0.6) is 0 Å². The first-order valence-corrected chi connectivity index (χ1v) is 3.72. The summed E-state index contributed by atoms with van der Waals surface area (Å²) in [5.41, 5.74) is 0. The van der Waals surface area contributed by atoms with E-state index in [1.165, 1.54) is 6.34 Å². The van der Waals surface area contributed by atoms with Crippen LogP contribution in [0.2, 0.25) is 0 Å². The Hall–Kier alpha value is -1.38. The predicted molar refractivity (Wildman–Crippen MR) is 50.9 cm³/mol. The minimum atomic E-state index is -0.345. The normalized spacial score (nSPS) is 10.2. The van der Waals surface area contributed by atoms with Gasteiger partial charge in [0.25, 0.3) is 5.91 Å². The molecule has 0 aliphatic rings. The van der Waals surface area contributed by atoms with Gasteiger partial charge in [-0.2, -0.15) is 4.99 Å². The number of carbonyl (C=O) groups is 1. The van der Waals surface area contributed by atoms with Crippen molar-refractivity contribution in [3.05, 3.63) is 25.4 Å². The average molecular weight is 166 g/mol. The van der Waals surface area contributed by atoms with Gasteiger partial charge in [0.1, 0.15) is 0 Å². The van der Waals surface area contributed by atoms with Crippen LogP contribution in [0.15, 0.2) is 30.4 Å². The van der Waals surface area contributed by atoms with Gasteiger partial charge < -0.3 is 4.90 Å². The lowest BCUT2D eigenvalue weighted by Gasteiger charge is -2.17. The van der Waals surface area contributed by atoms with Gasteiger partial charge in [-0.15, -0.1) is 0 Å². The highest BCUT2D eigenvalue weighted by Gasteiger charge is 1.99. The molecule has 0 aromatic rings. The Morgan fingerprint density at radius 2 is 2.08 bits per heavy atom. The molecular formula is C9H14N2O. The van der Waals surface area contributed by atoms with Crippen molar-refractivity contribution in [2.24, 2.45) is 4.99 Å². The molecule has 3 nitrogen and oxygen atoms in total. The molecule has 0 saturated carbocycles. The quantitative estimate of drug-likeness (QED) is 0.361. The van der Waals surface area contributed by atoms with E-state index in [1.807, 2.05) is 13.8 Å². The molecule has 0 spiro atoms. The SMILES string of the molecule is C=CC(=O)/N=C\N(C=C)C(C)C. The van der Waals surface area contributed by atoms with Gasteiger partial charge in [0, 0.05) is 6.04 Å². The molecule has 0 heterocycles. The largest absolute Gasteiger partial charge is 0.337 e. The van der Waals surface area contributed by atoms with Crippen LogP contribution < -0.4 is 0 Å². The van der Waals surface area contributed by atoms with Crippen molar-refractivity contribution in [2.45, 2.75) is 19.9 Å². The summed E-state index contributed by atoms with van der Waals surface area (Å²) in [4.78, 5) is 16.0. The molecule has 0 fully saturated rings. The third kappa shape index (κ3) is 3.71. The predicted octanol–water partition coefficient (Wildman–Crippen LogP) is 1.58. The lowest BCUT2D eigenvalue weighted by atomic mass is 10.4. The molecule has 0 saturated heterocycles. The van der Waals surface area contributed by atoms with Gasteiger partial charge in [-0.1, -0.05) is 13.2 Å². The first-order chi connectivity index (χ1) is 5.61. The highest BCUT2D eigenvalue weighted by atomic mass is 16.1. The number of nitrogens with zero attached hydrogens (tertiary/aromatic N) is 2. The second kappa shape index (κ2) is 5.29. The number of hydrogen-bond donors (Lipinski definition) is 0. The van der Waals surface area contributed by atoms with Gasteiger partial charge in [0.15, 0.2) is 0 Å². The van der Waals surface area contributed by atoms with Crippen LogP contribution in [0.3, 0.4) is 0 Å². The molecule has 0 radical (unpaired) electrons. The molecule has 0 N–H and O–H groups in total. The molecule has 3 heteroatoms. The molecule has 0 aliphatic carbocycles. The fraction of sp³-hybridized carbons (Fsp3) is 0.333. The van der Waals surface area contributed by atoms with Crippen LogP contribution in [0.25, 0.3) is 0 Å². The minimum Gasteiger partial charge on any atom is -0.337 e. The summed E-state index contributed by atoms with van der Waals surface area (Å²) >= 11 is 0. The van der Waals surface area contributed by atoms with Gasteiger partial charge in [-0.05, 0) is 26.1 Å². The third-order valence-electron chi connectivity index (χ3n) is 1.30. The van der Waals surface area contributed by atoms with Crippen molar-refractivity contribution < 1.29 is 4.79 Å². The maximum Gasteiger partial charge on any atom is 0.270 e. The standard InChI is InChI=1S/C9H14N2O/c1-5-9(12)10-7-11(6-2)8(3)4/h5-8H,1-2H2,3-4H3/b10-7-. The summed E-state index contributed by atoms with van der Waals surface area (Å²) < 4.78 is 0. The van der Waals surface area contributed by atoms with Crippen LogP contribution >= 0.6 is 0 Å². The molecule has 12 heavy (non-hydrogen) atoms. The van der Waals surface area contributed by atoms with E-state index < -0.39 is 0 Å². The number of amides is 1. The maximum absolute atomic E-state index is 10.7. The van der Waals surface area contributed by atoms with E-state index in [1.54, 1.807) is 11.1 Å². The molecular weight excluding hydrogens is 152 g/mol. The molecule has 1 amide bonds. The van der Waals surface area contributed by atoms with Crippen molar-refractivity contribution in [1.29, 1.82) is 0 Å². The Morgan fingerprint density at radius 1 is 1.50 bits per heavy atom. The molecule has 0 aliphatic heterocycles. The third-order valence-corrected chi connectivity index (χ3v) is 1.30. The Balaban J connectivity index is 4.19. The first-order valence-electron chi connectivity index (χ1n) is 3.72. The Labute approximate surface area is 73.1 Å². The fourth-order valence-corrected chi connectivity index (χ4v) is 0.568. The van der Waals surface area contributed by atoms with Crippen molar-refractivity contribution in [3.63, 3.8) is 0 Å². The fourth-order valence-electron chi connectivity index (χ4n) is 0.568. The first kappa shape index (κ1) is 10.6. The second-order valence-electron chi connectivity index (χ2n) is 2.51. The summed E-state index contributed by atoms with van der Waals surface area (Å²) in [6.45, 7) is 10.8. The molecule has 0 bridgehead atoms. The minimum absolute atomic E-state index is 0.254. The lowest BCUT2D eigenvalue weighted by Crippen LogP contribution is -2.23. The van der Waals surface area contributed by atoms with Gasteiger partial charge in [0.2, 0.25) is 0 Å². The van der Waals surface area contributed by atoms with E-state index in [2.05, 4.69) is 18.2 Å². The van der Waals surface area contributed by atoms with E-state index in [0.717, 1.165) is 6.08 Å². The summed E-state index contributed by atoms with van der Waals surface area (Å²) in [7, 11) is 0. The van der Waals surface area contributed by atoms with Crippen molar-refractivity contribution in [1.82, 2.24) is 4.90 Å². The Bertz CT molecular complexity index is 207. The van der Waals surface area contributed by atoms with Crippen LogP contribution in [0, 0.1) is 0 Å². The number of aliphatic imine (C=N–C) groups is 1. The topological polar surface area (TPSA) is 32.7 Å². The Kier molecular flexibility index (Phi) is 4.69. The molecule has 0 aromatic heterocycles. The van der Waals surface area contributed by atoms with Crippen LogP contribution in [-0.4, -0.2) is 23.2 Å². The van der Waals surface area contributed by atoms with E-state index >= 15 is 0 Å². The van der Waals surface area contributed by atoms with Gasteiger partial charge in [-0.25, -0.2) is 0 Å². The second-order valence-corrected chi connectivity index (χ2v) is 2.51. The molecule has 66 valence electrons. The maximum atomic E-state index is 10.7. The van der Waals surface area contributed by atoms with E-state index in [-0.39, 0.29) is 11.9 Å². The number of carbonyl (C=O) groups excluding carboxylic acids is 1. The van der Waals surface area contributed by atoms with Gasteiger partial charge in [0.05, 0.1) is 6.34 Å². The molecule has 0 aromatic carbocycles. The monoisotopic (exact) mass is 166 g/mol. The highest BCUT2D eigenvalue weighted by molar-refractivity contribution is 5.92. The molecule has 0 atom stereocenters. The van der Waals surface area contributed by atoms with Crippen LogP contribution in [0.1, 0.15) is 13.8 Å². The lowest BCUT2D eigenvalue weighted by molar-refractivity contribution is -0.113. The zero-order valence-electron chi connectivity index (χ0n) is 7.53. The van der Waals surface area contributed by atoms with Crippen molar-refractivity contribution in [2.75, 3.05) is 0 Å². The zero-order valence-corrected chi connectivity index (χ0v) is 7.53. The summed E-state index contributed by atoms with van der Waals surface area (Å²) in [6.07, 6.45) is 4.23. The van der Waals surface area contributed by atoms with Crippen molar-refractivity contribution >= 4 is 12.2 Å². The van der Waals surface area contributed by atoms with E-state index in [0.29, 0.717) is 0 Å². The number of hydrogen-bond acceptors (Lipinski definition) is 1. The van der Waals surface area contributed by atoms with Gasteiger partial charge in [-0.3, -0.25) is 4.79 Å². The summed E-state index contributed by atoms with van der Waals surface area (Å²) in [5, 5.41) is 0. The van der Waals surface area contributed by atoms with Crippen LogP contribution in [-0.2, 0) is 4.79 Å². The molecule has 0 rings (SSSR count). The summed E-state index contributed by atoms with van der Waals surface area (Å²) in [6, 6.07) is 0.254.